The molecule has 0 saturated carbocycles. The van der Waals surface area contributed by atoms with E-state index in [0.717, 1.165) is 25.4 Å². The molecule has 0 aromatic carbocycles. The largest absolute Gasteiger partial charge is 0.468 e. The molecule has 0 aliphatic rings. The highest BCUT2D eigenvalue weighted by atomic mass is 35.5. The van der Waals surface area contributed by atoms with Gasteiger partial charge in [0.1, 0.15) is 5.76 Å². The van der Waals surface area contributed by atoms with E-state index in [2.05, 4.69) is 23.5 Å². The Morgan fingerprint density at radius 3 is 2.94 bits per heavy atom. The van der Waals surface area contributed by atoms with Crippen molar-refractivity contribution in [1.29, 1.82) is 0 Å². The summed E-state index contributed by atoms with van der Waals surface area (Å²) < 4.78 is 7.14. The Labute approximate surface area is 101 Å². The fourth-order valence-electron chi connectivity index (χ4n) is 1.41. The third-order valence-electron chi connectivity index (χ3n) is 2.22. The summed E-state index contributed by atoms with van der Waals surface area (Å²) in [7, 11) is 0. The van der Waals surface area contributed by atoms with E-state index < -0.39 is 0 Å². The minimum absolute atomic E-state index is 0. The molecule has 2 aromatic heterocycles. The van der Waals surface area contributed by atoms with Gasteiger partial charge in [-0.1, -0.05) is 0 Å². The molecule has 2 heterocycles. The summed E-state index contributed by atoms with van der Waals surface area (Å²) in [6, 6.07) is 3.86. The monoisotopic (exact) mass is 241 g/mol. The van der Waals surface area contributed by atoms with E-state index in [4.69, 9.17) is 4.42 Å². The van der Waals surface area contributed by atoms with Crippen molar-refractivity contribution in [2.75, 3.05) is 0 Å². The fourth-order valence-corrected chi connectivity index (χ4v) is 1.41. The Balaban J connectivity index is 0.00000128. The van der Waals surface area contributed by atoms with Crippen molar-refractivity contribution in [3.63, 3.8) is 0 Å². The summed E-state index contributed by atoms with van der Waals surface area (Å²) in [4.78, 5) is 0. The quantitative estimate of drug-likeness (QED) is 0.873. The molecular weight excluding hydrogens is 226 g/mol. The Hall–Kier alpha value is -1.26. The number of nitrogens with zero attached hydrogens (tertiary/aromatic N) is 2. The van der Waals surface area contributed by atoms with Crippen LogP contribution in [0.15, 0.2) is 35.2 Å². The average molecular weight is 242 g/mol. The van der Waals surface area contributed by atoms with E-state index in [1.54, 1.807) is 6.26 Å². The van der Waals surface area contributed by atoms with Gasteiger partial charge in [0.25, 0.3) is 0 Å². The van der Waals surface area contributed by atoms with Crippen LogP contribution in [0, 0.1) is 0 Å². The number of hydrogen-bond acceptors (Lipinski definition) is 3. The highest BCUT2D eigenvalue weighted by Crippen LogP contribution is 2.01. The molecule has 0 aliphatic carbocycles. The van der Waals surface area contributed by atoms with Gasteiger partial charge >= 0.3 is 0 Å². The zero-order valence-corrected chi connectivity index (χ0v) is 10.0. The smallest absolute Gasteiger partial charge is 0.117 e. The van der Waals surface area contributed by atoms with Crippen LogP contribution in [0.1, 0.15) is 18.2 Å². The molecular formula is C11H16ClN3O. The molecule has 5 heteroatoms. The van der Waals surface area contributed by atoms with Gasteiger partial charge in [-0.05, 0) is 19.1 Å². The first kappa shape index (κ1) is 12.8. The molecule has 2 rings (SSSR count). The van der Waals surface area contributed by atoms with Crippen LogP contribution in [0.4, 0.5) is 0 Å². The lowest BCUT2D eigenvalue weighted by Gasteiger charge is -1.99. The molecule has 0 bridgehead atoms. The van der Waals surface area contributed by atoms with Gasteiger partial charge in [0.15, 0.2) is 0 Å². The SMILES string of the molecule is CCn1cc(CNCc2ccco2)cn1.Cl. The number of hydrogen-bond donors (Lipinski definition) is 1. The predicted molar refractivity (Wildman–Crippen MR) is 64.4 cm³/mol. The lowest BCUT2D eigenvalue weighted by molar-refractivity contribution is 0.483. The standard InChI is InChI=1S/C11H15N3O.ClH/c1-2-14-9-10(7-13-14)6-12-8-11-4-3-5-15-11;/h3-5,7,9,12H,2,6,8H2,1H3;1H. The van der Waals surface area contributed by atoms with Gasteiger partial charge in [0, 0.05) is 24.8 Å². The van der Waals surface area contributed by atoms with Crippen LogP contribution < -0.4 is 5.32 Å². The fraction of sp³-hybridized carbons (Fsp3) is 0.364. The van der Waals surface area contributed by atoms with E-state index in [0.29, 0.717) is 0 Å². The van der Waals surface area contributed by atoms with Crippen LogP contribution in [0.2, 0.25) is 0 Å². The molecule has 0 amide bonds. The molecule has 16 heavy (non-hydrogen) atoms. The third-order valence-corrected chi connectivity index (χ3v) is 2.22. The predicted octanol–water partition coefficient (Wildman–Crippen LogP) is 2.21. The second-order valence-corrected chi connectivity index (χ2v) is 3.39. The van der Waals surface area contributed by atoms with E-state index in [-0.39, 0.29) is 12.4 Å². The van der Waals surface area contributed by atoms with Crippen molar-refractivity contribution in [2.24, 2.45) is 0 Å². The molecule has 4 nitrogen and oxygen atoms in total. The number of aryl methyl sites for hydroxylation is 1. The maximum Gasteiger partial charge on any atom is 0.117 e. The second-order valence-electron chi connectivity index (χ2n) is 3.39. The second kappa shape index (κ2) is 6.35. The number of rotatable bonds is 5. The Morgan fingerprint density at radius 1 is 1.44 bits per heavy atom. The first-order valence-corrected chi connectivity index (χ1v) is 5.13. The zero-order chi connectivity index (χ0) is 10.5. The van der Waals surface area contributed by atoms with Gasteiger partial charge in [0.2, 0.25) is 0 Å². The van der Waals surface area contributed by atoms with E-state index >= 15 is 0 Å². The zero-order valence-electron chi connectivity index (χ0n) is 9.22. The molecule has 0 spiro atoms. The minimum Gasteiger partial charge on any atom is -0.468 e. The first-order valence-electron chi connectivity index (χ1n) is 5.13. The van der Waals surface area contributed by atoms with Crippen LogP contribution >= 0.6 is 12.4 Å². The van der Waals surface area contributed by atoms with Gasteiger partial charge in [-0.2, -0.15) is 5.10 Å². The van der Waals surface area contributed by atoms with Gasteiger partial charge in [-0.3, -0.25) is 4.68 Å². The molecule has 0 fully saturated rings. The van der Waals surface area contributed by atoms with Crippen molar-refractivity contribution in [2.45, 2.75) is 26.6 Å². The van der Waals surface area contributed by atoms with Crippen molar-refractivity contribution in [1.82, 2.24) is 15.1 Å². The van der Waals surface area contributed by atoms with E-state index in [1.165, 1.54) is 5.56 Å². The van der Waals surface area contributed by atoms with Crippen molar-refractivity contribution >= 4 is 12.4 Å². The lowest BCUT2D eigenvalue weighted by atomic mass is 10.3. The average Bonchev–Trinajstić information content (AvgIpc) is 2.88. The maximum atomic E-state index is 5.21. The normalized spacial score (nSPS) is 10.1. The lowest BCUT2D eigenvalue weighted by Crippen LogP contribution is -2.11. The molecule has 1 N–H and O–H groups in total. The molecule has 0 aliphatic heterocycles. The number of halogens is 1. The van der Waals surface area contributed by atoms with Crippen LogP contribution in [-0.2, 0) is 19.6 Å². The van der Waals surface area contributed by atoms with Crippen molar-refractivity contribution < 1.29 is 4.42 Å². The summed E-state index contributed by atoms with van der Waals surface area (Å²) in [6.07, 6.45) is 5.62. The van der Waals surface area contributed by atoms with Gasteiger partial charge < -0.3 is 9.73 Å². The number of nitrogens with one attached hydrogen (secondary N) is 1. The van der Waals surface area contributed by atoms with E-state index in [1.807, 2.05) is 23.0 Å². The van der Waals surface area contributed by atoms with Crippen molar-refractivity contribution in [3.05, 3.63) is 42.1 Å². The van der Waals surface area contributed by atoms with Crippen LogP contribution in [0.3, 0.4) is 0 Å². The summed E-state index contributed by atoms with van der Waals surface area (Å²) in [5.41, 5.74) is 1.20. The third kappa shape index (κ3) is 3.40. The Bertz CT molecular complexity index is 397. The maximum absolute atomic E-state index is 5.21. The summed E-state index contributed by atoms with van der Waals surface area (Å²) in [5, 5.41) is 7.50. The molecule has 0 atom stereocenters. The molecule has 88 valence electrons. The summed E-state index contributed by atoms with van der Waals surface area (Å²) in [5.74, 6) is 0.956. The van der Waals surface area contributed by atoms with Crippen LogP contribution in [0.5, 0.6) is 0 Å². The minimum atomic E-state index is 0. The first-order chi connectivity index (χ1) is 7.38. The van der Waals surface area contributed by atoms with Crippen LogP contribution in [-0.4, -0.2) is 9.78 Å². The van der Waals surface area contributed by atoms with Crippen molar-refractivity contribution in [3.8, 4) is 0 Å². The Kier molecular flexibility index (Phi) is 5.08. The van der Waals surface area contributed by atoms with E-state index in [9.17, 15) is 0 Å². The van der Waals surface area contributed by atoms with Crippen LogP contribution in [0.25, 0.3) is 0 Å². The number of furan rings is 1. The Morgan fingerprint density at radius 2 is 2.31 bits per heavy atom. The topological polar surface area (TPSA) is 43.0 Å². The molecule has 0 saturated heterocycles. The number of aromatic nitrogens is 2. The van der Waals surface area contributed by atoms with Gasteiger partial charge in [0.05, 0.1) is 19.0 Å². The molecule has 0 unspecified atom stereocenters. The summed E-state index contributed by atoms with van der Waals surface area (Å²) in [6.45, 7) is 4.57. The molecule has 0 radical (unpaired) electrons. The molecule has 2 aromatic rings. The van der Waals surface area contributed by atoms with Gasteiger partial charge in [-0.25, -0.2) is 0 Å². The summed E-state index contributed by atoms with van der Waals surface area (Å²) >= 11 is 0. The highest BCUT2D eigenvalue weighted by Gasteiger charge is 1.98. The van der Waals surface area contributed by atoms with Gasteiger partial charge in [-0.15, -0.1) is 12.4 Å². The highest BCUT2D eigenvalue weighted by molar-refractivity contribution is 5.85.